The molecule has 0 saturated heterocycles. The number of benzene rings is 1. The van der Waals surface area contributed by atoms with Gasteiger partial charge in [0.25, 0.3) is 5.69 Å². The lowest BCUT2D eigenvalue weighted by Gasteiger charge is -2.21. The van der Waals surface area contributed by atoms with E-state index in [1.807, 2.05) is 34.6 Å². The van der Waals surface area contributed by atoms with Crippen molar-refractivity contribution in [2.45, 2.75) is 52.2 Å². The van der Waals surface area contributed by atoms with E-state index in [0.29, 0.717) is 6.54 Å². The summed E-state index contributed by atoms with van der Waals surface area (Å²) < 4.78 is 5.54. The molecule has 1 rings (SSSR count). The molecule has 7 nitrogen and oxygen atoms in total. The summed E-state index contributed by atoms with van der Waals surface area (Å²) >= 11 is 0. The van der Waals surface area contributed by atoms with Gasteiger partial charge in [-0.15, -0.1) is 0 Å². The smallest absolute Gasteiger partial charge is 0.296 e. The number of rotatable bonds is 7. The minimum atomic E-state index is -0.728. The topological polar surface area (TPSA) is 111 Å². The summed E-state index contributed by atoms with van der Waals surface area (Å²) in [5, 5.41) is 24.2. The van der Waals surface area contributed by atoms with Crippen molar-refractivity contribution in [3.8, 4) is 5.75 Å². The number of nitro groups is 1. The number of aliphatic hydroxyl groups is 1. The number of hydrogen-bond acceptors (Lipinski definition) is 6. The average molecular weight is 325 g/mol. The van der Waals surface area contributed by atoms with Gasteiger partial charge in [-0.2, -0.15) is 0 Å². The Labute approximate surface area is 137 Å². The molecular weight excluding hydrogens is 298 g/mol. The van der Waals surface area contributed by atoms with Crippen LogP contribution in [0.2, 0.25) is 0 Å². The Kier molecular flexibility index (Phi) is 6.35. The van der Waals surface area contributed by atoms with E-state index in [4.69, 9.17) is 10.5 Å². The molecule has 1 unspecified atom stereocenters. The van der Waals surface area contributed by atoms with Crippen molar-refractivity contribution in [3.63, 3.8) is 0 Å². The second kappa shape index (κ2) is 7.61. The Morgan fingerprint density at radius 3 is 2.48 bits per heavy atom. The first kappa shape index (κ1) is 19.2. The molecular formula is C16H27N3O4. The number of nitrogens with one attached hydrogen (secondary N) is 1. The summed E-state index contributed by atoms with van der Waals surface area (Å²) in [4.78, 5) is 10.7. The van der Waals surface area contributed by atoms with Crippen LogP contribution in [0.25, 0.3) is 0 Å². The second-order valence-electron chi connectivity index (χ2n) is 6.94. The number of hydrogen-bond donors (Lipinski definition) is 3. The van der Waals surface area contributed by atoms with Crippen LogP contribution < -0.4 is 15.8 Å². The molecule has 23 heavy (non-hydrogen) atoms. The molecule has 1 aromatic carbocycles. The van der Waals surface area contributed by atoms with Gasteiger partial charge < -0.3 is 20.9 Å². The number of ether oxygens (including phenoxy) is 1. The first-order valence-corrected chi connectivity index (χ1v) is 7.65. The highest BCUT2D eigenvalue weighted by Crippen LogP contribution is 2.37. The van der Waals surface area contributed by atoms with Gasteiger partial charge in [-0.25, -0.2) is 0 Å². The maximum absolute atomic E-state index is 11.2. The van der Waals surface area contributed by atoms with Crippen LogP contribution >= 0.6 is 0 Å². The van der Waals surface area contributed by atoms with E-state index in [1.54, 1.807) is 6.07 Å². The van der Waals surface area contributed by atoms with Crippen LogP contribution in [0, 0.1) is 10.1 Å². The Morgan fingerprint density at radius 2 is 2.00 bits per heavy atom. The highest BCUT2D eigenvalue weighted by atomic mass is 16.6. The van der Waals surface area contributed by atoms with Crippen LogP contribution in [0.15, 0.2) is 12.1 Å². The van der Waals surface area contributed by atoms with Crippen LogP contribution in [0.3, 0.4) is 0 Å². The lowest BCUT2D eigenvalue weighted by atomic mass is 9.86. The summed E-state index contributed by atoms with van der Waals surface area (Å²) in [6.07, 6.45) is -0.728. The molecule has 1 aromatic rings. The fraction of sp³-hybridized carbons (Fsp3) is 0.625. The first-order chi connectivity index (χ1) is 10.5. The number of nitro benzene ring substituents is 1. The third kappa shape index (κ3) is 5.69. The minimum Gasteiger partial charge on any atom is -0.488 e. The van der Waals surface area contributed by atoms with E-state index < -0.39 is 11.0 Å². The fourth-order valence-corrected chi connectivity index (χ4v) is 1.93. The van der Waals surface area contributed by atoms with Crippen molar-refractivity contribution < 1.29 is 14.8 Å². The molecule has 0 heterocycles. The van der Waals surface area contributed by atoms with Crippen molar-refractivity contribution in [2.75, 3.05) is 18.9 Å². The highest BCUT2D eigenvalue weighted by Gasteiger charge is 2.24. The molecule has 4 N–H and O–H groups in total. The average Bonchev–Trinajstić information content (AvgIpc) is 2.42. The monoisotopic (exact) mass is 325 g/mol. The van der Waals surface area contributed by atoms with E-state index in [2.05, 4.69) is 5.32 Å². The molecule has 0 radical (unpaired) electrons. The number of aliphatic hydroxyl groups excluding tert-OH is 1. The molecule has 0 saturated carbocycles. The van der Waals surface area contributed by atoms with Gasteiger partial charge in [-0.3, -0.25) is 10.1 Å². The van der Waals surface area contributed by atoms with Crippen LogP contribution in [-0.2, 0) is 5.41 Å². The largest absolute Gasteiger partial charge is 0.488 e. The molecule has 0 aliphatic rings. The molecule has 0 aromatic heterocycles. The Balaban J connectivity index is 2.97. The van der Waals surface area contributed by atoms with Crippen molar-refractivity contribution in [2.24, 2.45) is 0 Å². The number of nitrogens with zero attached hydrogens (tertiary/aromatic N) is 1. The molecule has 0 aliphatic carbocycles. The molecule has 0 bridgehead atoms. The molecule has 1 atom stereocenters. The fourth-order valence-electron chi connectivity index (χ4n) is 1.93. The lowest BCUT2D eigenvalue weighted by Crippen LogP contribution is -2.35. The quantitative estimate of drug-likeness (QED) is 0.403. The van der Waals surface area contributed by atoms with Crippen molar-refractivity contribution in [3.05, 3.63) is 27.8 Å². The first-order valence-electron chi connectivity index (χ1n) is 7.65. The zero-order valence-corrected chi connectivity index (χ0v) is 14.4. The highest BCUT2D eigenvalue weighted by molar-refractivity contribution is 5.69. The van der Waals surface area contributed by atoms with Crippen LogP contribution in [0.5, 0.6) is 5.75 Å². The van der Waals surface area contributed by atoms with Gasteiger partial charge in [0.1, 0.15) is 18.5 Å². The van der Waals surface area contributed by atoms with Gasteiger partial charge >= 0.3 is 0 Å². The van der Waals surface area contributed by atoms with Crippen molar-refractivity contribution in [1.82, 2.24) is 5.32 Å². The SMILES string of the molecule is CC(C)NCC(O)COc1cc(C(C)(C)C)cc([N+](=O)[O-])c1N. The summed E-state index contributed by atoms with van der Waals surface area (Å²) in [7, 11) is 0. The van der Waals surface area contributed by atoms with Gasteiger partial charge in [0.15, 0.2) is 5.69 Å². The summed E-state index contributed by atoms with van der Waals surface area (Å²) in [5.74, 6) is 0.229. The Hall–Kier alpha value is -1.86. The maximum Gasteiger partial charge on any atom is 0.296 e. The molecule has 0 spiro atoms. The van der Waals surface area contributed by atoms with E-state index in [-0.39, 0.29) is 35.2 Å². The second-order valence-corrected chi connectivity index (χ2v) is 6.94. The standard InChI is InChI=1S/C16H27N3O4/c1-10(2)18-8-12(20)9-23-14-7-11(16(3,4)5)6-13(15(14)17)19(21)22/h6-7,10,12,18,20H,8-9,17H2,1-5H3. The zero-order chi connectivity index (χ0) is 17.8. The van der Waals surface area contributed by atoms with Crippen molar-refractivity contribution in [1.29, 1.82) is 0 Å². The minimum absolute atomic E-state index is 0.00860. The van der Waals surface area contributed by atoms with Crippen LogP contribution in [0.1, 0.15) is 40.2 Å². The van der Waals surface area contributed by atoms with E-state index >= 15 is 0 Å². The number of nitrogens with two attached hydrogens (primary N) is 1. The lowest BCUT2D eigenvalue weighted by molar-refractivity contribution is -0.384. The van der Waals surface area contributed by atoms with Gasteiger partial charge in [-0.05, 0) is 17.0 Å². The number of nitrogen functional groups attached to an aromatic ring is 1. The summed E-state index contributed by atoms with van der Waals surface area (Å²) in [5.41, 5.74) is 6.11. The van der Waals surface area contributed by atoms with Gasteiger partial charge in [-0.1, -0.05) is 34.6 Å². The molecule has 7 heteroatoms. The van der Waals surface area contributed by atoms with E-state index in [0.717, 1.165) is 5.56 Å². The zero-order valence-electron chi connectivity index (χ0n) is 14.4. The molecule has 0 fully saturated rings. The normalized spacial score (nSPS) is 13.2. The molecule has 130 valence electrons. The Bertz CT molecular complexity index is 553. The van der Waals surface area contributed by atoms with Crippen LogP contribution in [-0.4, -0.2) is 35.3 Å². The Morgan fingerprint density at radius 1 is 1.39 bits per heavy atom. The predicted octanol–water partition coefficient (Wildman–Crippen LogP) is 2.21. The van der Waals surface area contributed by atoms with Gasteiger partial charge in [0, 0.05) is 18.7 Å². The third-order valence-electron chi connectivity index (χ3n) is 3.38. The van der Waals surface area contributed by atoms with Crippen LogP contribution in [0.4, 0.5) is 11.4 Å². The van der Waals surface area contributed by atoms with Gasteiger partial charge in [0.2, 0.25) is 0 Å². The van der Waals surface area contributed by atoms with E-state index in [1.165, 1.54) is 6.07 Å². The summed E-state index contributed by atoms with van der Waals surface area (Å²) in [6, 6.07) is 3.42. The van der Waals surface area contributed by atoms with Gasteiger partial charge in [0.05, 0.1) is 4.92 Å². The molecule has 0 aliphatic heterocycles. The van der Waals surface area contributed by atoms with Crippen molar-refractivity contribution >= 4 is 11.4 Å². The summed E-state index contributed by atoms with van der Waals surface area (Å²) in [6.45, 7) is 10.2. The third-order valence-corrected chi connectivity index (χ3v) is 3.38. The maximum atomic E-state index is 11.2. The predicted molar refractivity (Wildman–Crippen MR) is 90.8 cm³/mol. The molecule has 0 amide bonds. The number of anilines is 1. The van der Waals surface area contributed by atoms with E-state index in [9.17, 15) is 15.2 Å².